The standard InChI is InChI=1S/C14H22N2O.H2/c1-2-15-12-14(13-6-4-3-5-7-13)16-8-10-17-11-9-16;/h3-7,14-15H,2,8-12H2,1H3;1H. The second kappa shape index (κ2) is 6.74. The molecule has 1 aliphatic rings. The van der Waals surface area contributed by atoms with Crippen LogP contribution in [-0.4, -0.2) is 44.3 Å². The van der Waals surface area contributed by atoms with Gasteiger partial charge in [0.05, 0.1) is 13.2 Å². The lowest BCUT2D eigenvalue weighted by Gasteiger charge is -2.35. The predicted molar refractivity (Wildman–Crippen MR) is 72.2 cm³/mol. The van der Waals surface area contributed by atoms with Crippen molar-refractivity contribution < 1.29 is 6.16 Å². The molecule has 0 aliphatic carbocycles. The van der Waals surface area contributed by atoms with Crippen molar-refractivity contribution in [3.63, 3.8) is 0 Å². The number of morpholine rings is 1. The van der Waals surface area contributed by atoms with Gasteiger partial charge in [0.1, 0.15) is 0 Å². The Bertz CT molecular complexity index is 315. The molecule has 1 aromatic rings. The first-order valence-corrected chi connectivity index (χ1v) is 6.49. The van der Waals surface area contributed by atoms with Gasteiger partial charge in [-0.3, -0.25) is 4.90 Å². The zero-order valence-electron chi connectivity index (χ0n) is 10.6. The van der Waals surface area contributed by atoms with Gasteiger partial charge in [-0.15, -0.1) is 0 Å². The fourth-order valence-corrected chi connectivity index (χ4v) is 2.30. The van der Waals surface area contributed by atoms with E-state index >= 15 is 0 Å². The van der Waals surface area contributed by atoms with Gasteiger partial charge < -0.3 is 10.1 Å². The van der Waals surface area contributed by atoms with Crippen molar-refractivity contribution in [1.29, 1.82) is 0 Å². The minimum Gasteiger partial charge on any atom is -0.379 e. The molecular formula is C14H24N2O. The Kier molecular flexibility index (Phi) is 4.98. The molecule has 1 heterocycles. The van der Waals surface area contributed by atoms with Gasteiger partial charge in [0.25, 0.3) is 0 Å². The highest BCUT2D eigenvalue weighted by molar-refractivity contribution is 5.19. The van der Waals surface area contributed by atoms with Gasteiger partial charge in [-0.2, -0.15) is 0 Å². The van der Waals surface area contributed by atoms with Crippen LogP contribution in [0, 0.1) is 0 Å². The number of likely N-dealkylation sites (N-methyl/N-ethyl adjacent to an activating group) is 1. The number of ether oxygens (including phenoxy) is 1. The minimum atomic E-state index is 0. The molecule has 1 fully saturated rings. The van der Waals surface area contributed by atoms with E-state index in [-0.39, 0.29) is 1.43 Å². The van der Waals surface area contributed by atoms with Gasteiger partial charge in [0.2, 0.25) is 0 Å². The Morgan fingerprint density at radius 2 is 2.00 bits per heavy atom. The molecule has 1 unspecified atom stereocenters. The highest BCUT2D eigenvalue weighted by Gasteiger charge is 2.21. The number of hydrogen-bond donors (Lipinski definition) is 1. The number of rotatable bonds is 5. The summed E-state index contributed by atoms with van der Waals surface area (Å²) in [6.07, 6.45) is 0. The van der Waals surface area contributed by atoms with Gasteiger partial charge in [-0.1, -0.05) is 37.3 Å². The zero-order valence-corrected chi connectivity index (χ0v) is 10.6. The second-order valence-corrected chi connectivity index (χ2v) is 4.38. The number of benzene rings is 1. The van der Waals surface area contributed by atoms with E-state index < -0.39 is 0 Å². The fourth-order valence-electron chi connectivity index (χ4n) is 2.30. The van der Waals surface area contributed by atoms with Crippen LogP contribution in [-0.2, 0) is 4.74 Å². The van der Waals surface area contributed by atoms with Crippen molar-refractivity contribution >= 4 is 0 Å². The van der Waals surface area contributed by atoms with Gasteiger partial charge in [0.15, 0.2) is 0 Å². The summed E-state index contributed by atoms with van der Waals surface area (Å²) in [5.41, 5.74) is 1.40. The Morgan fingerprint density at radius 3 is 2.65 bits per heavy atom. The molecule has 0 spiro atoms. The van der Waals surface area contributed by atoms with Crippen LogP contribution < -0.4 is 5.32 Å². The Morgan fingerprint density at radius 1 is 1.29 bits per heavy atom. The third-order valence-electron chi connectivity index (χ3n) is 3.26. The number of nitrogens with one attached hydrogen (secondary N) is 1. The molecule has 0 aromatic heterocycles. The van der Waals surface area contributed by atoms with E-state index in [1.165, 1.54) is 5.56 Å². The monoisotopic (exact) mass is 236 g/mol. The Hall–Kier alpha value is -0.900. The maximum absolute atomic E-state index is 5.43. The minimum absolute atomic E-state index is 0. The summed E-state index contributed by atoms with van der Waals surface area (Å²) in [6.45, 7) is 7.97. The van der Waals surface area contributed by atoms with Crippen LogP contribution in [0.3, 0.4) is 0 Å². The second-order valence-electron chi connectivity index (χ2n) is 4.38. The smallest absolute Gasteiger partial charge is 0.0594 e. The molecule has 0 radical (unpaired) electrons. The van der Waals surface area contributed by atoms with E-state index in [2.05, 4.69) is 47.5 Å². The van der Waals surface area contributed by atoms with Crippen LogP contribution in [0.5, 0.6) is 0 Å². The first kappa shape index (κ1) is 12.6. The van der Waals surface area contributed by atoms with Crippen LogP contribution >= 0.6 is 0 Å². The molecule has 1 saturated heterocycles. The maximum Gasteiger partial charge on any atom is 0.0594 e. The van der Waals surface area contributed by atoms with Gasteiger partial charge in [-0.05, 0) is 12.1 Å². The molecule has 17 heavy (non-hydrogen) atoms. The van der Waals surface area contributed by atoms with E-state index in [9.17, 15) is 0 Å². The van der Waals surface area contributed by atoms with E-state index in [0.29, 0.717) is 6.04 Å². The van der Waals surface area contributed by atoms with Gasteiger partial charge in [0, 0.05) is 27.1 Å². The van der Waals surface area contributed by atoms with Crippen LogP contribution in [0.15, 0.2) is 30.3 Å². The van der Waals surface area contributed by atoms with Crippen molar-refractivity contribution in [1.82, 2.24) is 10.2 Å². The van der Waals surface area contributed by atoms with Crippen molar-refractivity contribution in [2.75, 3.05) is 39.4 Å². The molecule has 1 atom stereocenters. The lowest BCUT2D eigenvalue weighted by Crippen LogP contribution is -2.42. The summed E-state index contributed by atoms with van der Waals surface area (Å²) in [4.78, 5) is 2.52. The molecule has 3 nitrogen and oxygen atoms in total. The lowest BCUT2D eigenvalue weighted by molar-refractivity contribution is 0.0162. The molecule has 1 N–H and O–H groups in total. The predicted octanol–water partition coefficient (Wildman–Crippen LogP) is 1.92. The summed E-state index contributed by atoms with van der Waals surface area (Å²) < 4.78 is 5.43. The molecule has 96 valence electrons. The Balaban J connectivity index is 0.00000162. The molecule has 1 aliphatic heterocycles. The number of nitrogens with zero attached hydrogens (tertiary/aromatic N) is 1. The summed E-state index contributed by atoms with van der Waals surface area (Å²) in [5.74, 6) is 0. The van der Waals surface area contributed by atoms with Crippen LogP contribution in [0.4, 0.5) is 0 Å². The van der Waals surface area contributed by atoms with Crippen molar-refractivity contribution in [2.24, 2.45) is 0 Å². The average Bonchev–Trinajstić information content (AvgIpc) is 2.42. The third-order valence-corrected chi connectivity index (χ3v) is 3.26. The van der Waals surface area contributed by atoms with Crippen molar-refractivity contribution in [3.05, 3.63) is 35.9 Å². The van der Waals surface area contributed by atoms with E-state index in [1.807, 2.05) is 0 Å². The van der Waals surface area contributed by atoms with Crippen molar-refractivity contribution in [2.45, 2.75) is 13.0 Å². The van der Waals surface area contributed by atoms with E-state index in [4.69, 9.17) is 4.74 Å². The van der Waals surface area contributed by atoms with E-state index in [0.717, 1.165) is 39.4 Å². The topological polar surface area (TPSA) is 24.5 Å². The maximum atomic E-state index is 5.43. The largest absolute Gasteiger partial charge is 0.379 e. The Labute approximate surface area is 105 Å². The highest BCUT2D eigenvalue weighted by atomic mass is 16.5. The molecule has 1 aromatic carbocycles. The first-order valence-electron chi connectivity index (χ1n) is 6.49. The molecule has 0 amide bonds. The quantitative estimate of drug-likeness (QED) is 0.845. The average molecular weight is 236 g/mol. The van der Waals surface area contributed by atoms with Gasteiger partial charge >= 0.3 is 0 Å². The van der Waals surface area contributed by atoms with Crippen LogP contribution in [0.2, 0.25) is 0 Å². The number of hydrogen-bond acceptors (Lipinski definition) is 3. The summed E-state index contributed by atoms with van der Waals surface area (Å²) in [6, 6.07) is 11.2. The molecule has 0 saturated carbocycles. The van der Waals surface area contributed by atoms with Gasteiger partial charge in [-0.25, -0.2) is 0 Å². The highest BCUT2D eigenvalue weighted by Crippen LogP contribution is 2.20. The van der Waals surface area contributed by atoms with Crippen LogP contribution in [0.1, 0.15) is 20.0 Å². The summed E-state index contributed by atoms with van der Waals surface area (Å²) in [7, 11) is 0. The van der Waals surface area contributed by atoms with E-state index in [1.54, 1.807) is 0 Å². The lowest BCUT2D eigenvalue weighted by atomic mass is 10.0. The summed E-state index contributed by atoms with van der Waals surface area (Å²) >= 11 is 0. The first-order chi connectivity index (χ1) is 8.42. The normalized spacial score (nSPS) is 19.1. The van der Waals surface area contributed by atoms with Crippen molar-refractivity contribution in [3.8, 4) is 0 Å². The zero-order chi connectivity index (χ0) is 11.9. The third kappa shape index (κ3) is 3.53. The molecule has 0 bridgehead atoms. The summed E-state index contributed by atoms with van der Waals surface area (Å²) in [5, 5.41) is 3.46. The fraction of sp³-hybridized carbons (Fsp3) is 0.571. The molecular weight excluding hydrogens is 212 g/mol. The molecule has 3 heteroatoms. The molecule has 2 rings (SSSR count). The SMILES string of the molecule is CCNCC(c1ccccc1)N1CCOCC1.[HH]. The van der Waals surface area contributed by atoms with Crippen LogP contribution in [0.25, 0.3) is 0 Å².